The molecule has 0 N–H and O–H groups in total. The summed E-state index contributed by atoms with van der Waals surface area (Å²) in [4.78, 5) is 0. The molecule has 0 radical (unpaired) electrons. The average molecular weight is 186 g/mol. The molecule has 74 valence electrons. The molecule has 0 spiro atoms. The van der Waals surface area contributed by atoms with Gasteiger partial charge in [0.05, 0.1) is 0 Å². The molecule has 14 heavy (non-hydrogen) atoms. The van der Waals surface area contributed by atoms with Crippen molar-refractivity contribution < 1.29 is 0 Å². The molecule has 0 heterocycles. The lowest BCUT2D eigenvalue weighted by Crippen LogP contribution is -1.93. The number of benzene rings is 1. The fourth-order valence-corrected chi connectivity index (χ4v) is 1.52. The Kier molecular flexibility index (Phi) is 4.77. The number of hydrogen-bond donors (Lipinski definition) is 0. The van der Waals surface area contributed by atoms with Crippen molar-refractivity contribution in [1.29, 1.82) is 0 Å². The zero-order chi connectivity index (χ0) is 10.2. The molecule has 1 aromatic carbocycles. The maximum Gasteiger partial charge on any atom is -0.00587 e. The average Bonchev–Trinajstić information content (AvgIpc) is 2.26. The third-order valence-electron chi connectivity index (χ3n) is 2.45. The Morgan fingerprint density at radius 2 is 1.71 bits per heavy atom. The van der Waals surface area contributed by atoms with Crippen LogP contribution < -0.4 is 0 Å². The molecule has 0 nitrogen and oxygen atoms in total. The van der Waals surface area contributed by atoms with Crippen LogP contribution in [0.4, 0.5) is 0 Å². The molecule has 0 aliphatic rings. The van der Waals surface area contributed by atoms with Gasteiger partial charge in [0.2, 0.25) is 0 Å². The largest absolute Gasteiger partial charge is 0.102 e. The summed E-state index contributed by atoms with van der Waals surface area (Å²) < 4.78 is 0. The Bertz CT molecular complexity index is 263. The lowest BCUT2D eigenvalue weighted by molar-refractivity contribution is 0.655. The van der Waals surface area contributed by atoms with E-state index in [1.807, 2.05) is 12.2 Å². The minimum atomic E-state index is 0.471. The van der Waals surface area contributed by atoms with Gasteiger partial charge in [0.15, 0.2) is 0 Å². The van der Waals surface area contributed by atoms with Crippen LogP contribution in [0.1, 0.15) is 18.4 Å². The zero-order valence-corrected chi connectivity index (χ0v) is 8.65. The summed E-state index contributed by atoms with van der Waals surface area (Å²) in [6, 6.07) is 10.6. The maximum absolute atomic E-state index is 3.79. The van der Waals surface area contributed by atoms with E-state index >= 15 is 0 Å². The van der Waals surface area contributed by atoms with Gasteiger partial charge in [-0.05, 0) is 30.7 Å². The van der Waals surface area contributed by atoms with Gasteiger partial charge in [0.25, 0.3) is 0 Å². The van der Waals surface area contributed by atoms with Gasteiger partial charge in [0, 0.05) is 0 Å². The van der Waals surface area contributed by atoms with Crippen LogP contribution in [0.25, 0.3) is 0 Å². The van der Waals surface area contributed by atoms with Crippen molar-refractivity contribution in [3.63, 3.8) is 0 Å². The van der Waals surface area contributed by atoms with E-state index < -0.39 is 0 Å². The maximum atomic E-state index is 3.79. The predicted octanol–water partition coefficient (Wildman–Crippen LogP) is 4.00. The molecule has 0 saturated carbocycles. The van der Waals surface area contributed by atoms with Gasteiger partial charge in [-0.2, -0.15) is 0 Å². The van der Waals surface area contributed by atoms with Gasteiger partial charge in [-0.1, -0.05) is 42.5 Å². The second-order valence-electron chi connectivity index (χ2n) is 3.51. The van der Waals surface area contributed by atoms with Crippen LogP contribution in [-0.4, -0.2) is 0 Å². The van der Waals surface area contributed by atoms with Crippen molar-refractivity contribution in [1.82, 2.24) is 0 Å². The Morgan fingerprint density at radius 1 is 1.07 bits per heavy atom. The van der Waals surface area contributed by atoms with E-state index in [2.05, 4.69) is 43.5 Å². The third-order valence-corrected chi connectivity index (χ3v) is 2.45. The highest BCUT2D eigenvalue weighted by atomic mass is 14.0. The van der Waals surface area contributed by atoms with Crippen LogP contribution >= 0.6 is 0 Å². The highest BCUT2D eigenvalue weighted by Crippen LogP contribution is 2.12. The lowest BCUT2D eigenvalue weighted by atomic mass is 10.00. The first-order chi connectivity index (χ1) is 6.86. The molecule has 0 bridgehead atoms. The Morgan fingerprint density at radius 3 is 2.29 bits per heavy atom. The molecule has 1 aromatic rings. The summed E-state index contributed by atoms with van der Waals surface area (Å²) >= 11 is 0. The van der Waals surface area contributed by atoms with E-state index in [0.29, 0.717) is 5.92 Å². The van der Waals surface area contributed by atoms with E-state index in [0.717, 1.165) is 12.8 Å². The molecule has 1 rings (SSSR count). The van der Waals surface area contributed by atoms with Gasteiger partial charge in [-0.3, -0.25) is 0 Å². The molecule has 0 atom stereocenters. The topological polar surface area (TPSA) is 0 Å². The molecular weight excluding hydrogens is 168 g/mol. The minimum Gasteiger partial charge on any atom is -0.102 e. The lowest BCUT2D eigenvalue weighted by Gasteiger charge is -2.06. The van der Waals surface area contributed by atoms with Gasteiger partial charge in [-0.25, -0.2) is 0 Å². The first-order valence-electron chi connectivity index (χ1n) is 5.16. The monoisotopic (exact) mass is 186 g/mol. The van der Waals surface area contributed by atoms with Crippen LogP contribution in [0.15, 0.2) is 55.6 Å². The smallest absolute Gasteiger partial charge is 0.00587 e. The SMILES string of the molecule is C=CC(C=C)CCCc1ccccc1. The molecule has 0 unspecified atom stereocenters. The highest BCUT2D eigenvalue weighted by Gasteiger charge is 1.98. The highest BCUT2D eigenvalue weighted by molar-refractivity contribution is 5.14. The standard InChI is InChI=1S/C14H18/c1-3-13(4-2)11-8-12-14-9-6-5-7-10-14/h3-7,9-10,13H,1-2,8,11-12H2. The summed E-state index contributed by atoms with van der Waals surface area (Å²) in [5.74, 6) is 0.471. The second-order valence-corrected chi connectivity index (χ2v) is 3.51. The summed E-state index contributed by atoms with van der Waals surface area (Å²) in [6.45, 7) is 7.57. The van der Waals surface area contributed by atoms with E-state index in [9.17, 15) is 0 Å². The van der Waals surface area contributed by atoms with Crippen LogP contribution in [-0.2, 0) is 6.42 Å². The van der Waals surface area contributed by atoms with Crippen molar-refractivity contribution >= 4 is 0 Å². The molecule has 0 fully saturated rings. The van der Waals surface area contributed by atoms with Gasteiger partial charge in [0.1, 0.15) is 0 Å². The van der Waals surface area contributed by atoms with Crippen LogP contribution in [0.2, 0.25) is 0 Å². The second kappa shape index (κ2) is 6.20. The number of hydrogen-bond acceptors (Lipinski definition) is 0. The molecule has 0 saturated heterocycles. The van der Waals surface area contributed by atoms with E-state index in [4.69, 9.17) is 0 Å². The Balaban J connectivity index is 2.28. The first-order valence-corrected chi connectivity index (χ1v) is 5.16. The van der Waals surface area contributed by atoms with Gasteiger partial charge in [-0.15, -0.1) is 13.2 Å². The quantitative estimate of drug-likeness (QED) is 0.589. The normalized spacial score (nSPS) is 10.1. The summed E-state index contributed by atoms with van der Waals surface area (Å²) in [7, 11) is 0. The Hall–Kier alpha value is -1.30. The Labute approximate surface area is 87.0 Å². The van der Waals surface area contributed by atoms with Gasteiger partial charge >= 0.3 is 0 Å². The van der Waals surface area contributed by atoms with E-state index in [1.54, 1.807) is 0 Å². The fourth-order valence-electron chi connectivity index (χ4n) is 1.52. The van der Waals surface area contributed by atoms with E-state index in [1.165, 1.54) is 12.0 Å². The minimum absolute atomic E-state index is 0.471. The number of allylic oxidation sites excluding steroid dienone is 2. The molecule has 0 heteroatoms. The first kappa shape index (κ1) is 10.8. The van der Waals surface area contributed by atoms with Gasteiger partial charge < -0.3 is 0 Å². The molecule has 0 aromatic heterocycles. The van der Waals surface area contributed by atoms with Crippen LogP contribution in [0.5, 0.6) is 0 Å². The summed E-state index contributed by atoms with van der Waals surface area (Å²) in [5, 5.41) is 0. The number of aryl methyl sites for hydroxylation is 1. The van der Waals surface area contributed by atoms with Crippen molar-refractivity contribution in [2.24, 2.45) is 5.92 Å². The summed E-state index contributed by atoms with van der Waals surface area (Å²) in [6.07, 6.45) is 7.45. The molecule has 0 aliphatic heterocycles. The van der Waals surface area contributed by atoms with E-state index in [-0.39, 0.29) is 0 Å². The molecule has 0 amide bonds. The van der Waals surface area contributed by atoms with Crippen molar-refractivity contribution in [3.05, 3.63) is 61.2 Å². The zero-order valence-electron chi connectivity index (χ0n) is 8.65. The fraction of sp³-hybridized carbons (Fsp3) is 0.286. The van der Waals surface area contributed by atoms with Crippen molar-refractivity contribution in [2.75, 3.05) is 0 Å². The molecule has 0 aliphatic carbocycles. The predicted molar refractivity (Wildman–Crippen MR) is 63.3 cm³/mol. The molecular formula is C14H18. The van der Waals surface area contributed by atoms with Crippen LogP contribution in [0.3, 0.4) is 0 Å². The van der Waals surface area contributed by atoms with Crippen LogP contribution in [0, 0.1) is 5.92 Å². The van der Waals surface area contributed by atoms with Crippen molar-refractivity contribution in [3.8, 4) is 0 Å². The third kappa shape index (κ3) is 3.61. The number of rotatable bonds is 6. The van der Waals surface area contributed by atoms with Crippen molar-refractivity contribution in [2.45, 2.75) is 19.3 Å². The summed E-state index contributed by atoms with van der Waals surface area (Å²) in [5.41, 5.74) is 1.42.